The first-order chi connectivity index (χ1) is 8.15. The Morgan fingerprint density at radius 1 is 1.58 bits per heavy atom. The van der Waals surface area contributed by atoms with Crippen molar-refractivity contribution >= 4 is 48.1 Å². The van der Waals surface area contributed by atoms with Crippen LogP contribution in [0.2, 0.25) is 0 Å². The van der Waals surface area contributed by atoms with Crippen LogP contribution < -0.4 is 5.73 Å². The van der Waals surface area contributed by atoms with Gasteiger partial charge in [-0.15, -0.1) is 36.2 Å². The summed E-state index contributed by atoms with van der Waals surface area (Å²) in [7, 11) is 0. The van der Waals surface area contributed by atoms with Gasteiger partial charge in [-0.2, -0.15) is 0 Å². The highest BCUT2D eigenvalue weighted by Gasteiger charge is 2.19. The van der Waals surface area contributed by atoms with Crippen LogP contribution in [0.15, 0.2) is 12.3 Å². The van der Waals surface area contributed by atoms with Crippen LogP contribution in [0.5, 0.6) is 0 Å². The summed E-state index contributed by atoms with van der Waals surface area (Å²) in [4.78, 5) is 18.9. The van der Waals surface area contributed by atoms with Crippen LogP contribution in [-0.4, -0.2) is 34.9 Å². The van der Waals surface area contributed by atoms with Crippen molar-refractivity contribution in [2.75, 3.05) is 13.1 Å². The zero-order chi connectivity index (χ0) is 12.3. The van der Waals surface area contributed by atoms with Crippen molar-refractivity contribution in [3.8, 4) is 0 Å². The third-order valence-electron chi connectivity index (χ3n) is 2.80. The van der Waals surface area contributed by atoms with Gasteiger partial charge in [0.25, 0.3) is 0 Å². The van der Waals surface area contributed by atoms with Crippen LogP contribution in [0, 0.1) is 6.92 Å². The molecule has 1 aromatic heterocycles. The number of nitrogens with two attached hydrogens (primary N) is 1. The summed E-state index contributed by atoms with van der Waals surface area (Å²) < 4.78 is 0. The third kappa shape index (κ3) is 5.48. The fourth-order valence-corrected chi connectivity index (χ4v) is 2.61. The molecule has 1 aliphatic heterocycles. The number of nitrogens with zero attached hydrogens (tertiary/aromatic N) is 2. The van der Waals surface area contributed by atoms with Crippen molar-refractivity contribution in [3.05, 3.63) is 22.2 Å². The highest BCUT2D eigenvalue weighted by atomic mass is 35.5. The highest BCUT2D eigenvalue weighted by molar-refractivity contribution is 7.12. The summed E-state index contributed by atoms with van der Waals surface area (Å²) in [6, 6.07) is 0.131. The molecule has 19 heavy (non-hydrogen) atoms. The van der Waals surface area contributed by atoms with Crippen molar-refractivity contribution in [1.82, 2.24) is 9.88 Å². The number of carbonyl (C=O) groups is 1. The Labute approximate surface area is 129 Å². The maximum atomic E-state index is 11.9. The van der Waals surface area contributed by atoms with Gasteiger partial charge >= 0.3 is 0 Å². The molecule has 0 spiro atoms. The molecule has 1 atom stereocenters. The van der Waals surface area contributed by atoms with Gasteiger partial charge in [-0.05, 0) is 25.8 Å². The summed E-state index contributed by atoms with van der Waals surface area (Å²) in [6.07, 6.45) is 7.24. The number of thiazole rings is 1. The number of halogens is 2. The number of hydrogen-bond acceptors (Lipinski definition) is 4. The first-order valence-corrected chi connectivity index (χ1v) is 6.62. The van der Waals surface area contributed by atoms with E-state index in [9.17, 15) is 4.79 Å². The molecule has 1 amide bonds. The predicted octanol–water partition coefficient (Wildman–Crippen LogP) is 2.26. The van der Waals surface area contributed by atoms with Gasteiger partial charge in [0.15, 0.2) is 0 Å². The minimum absolute atomic E-state index is 0. The molecule has 4 nitrogen and oxygen atoms in total. The Morgan fingerprint density at radius 2 is 2.32 bits per heavy atom. The minimum Gasteiger partial charge on any atom is -0.338 e. The molecule has 0 saturated carbocycles. The van der Waals surface area contributed by atoms with E-state index in [0.29, 0.717) is 6.54 Å². The largest absolute Gasteiger partial charge is 0.338 e. The summed E-state index contributed by atoms with van der Waals surface area (Å²) in [6.45, 7) is 3.44. The van der Waals surface area contributed by atoms with Gasteiger partial charge in [0, 0.05) is 36.3 Å². The van der Waals surface area contributed by atoms with Crippen LogP contribution >= 0.6 is 36.2 Å². The normalized spacial score (nSPS) is 18.8. The molecule has 108 valence electrons. The zero-order valence-corrected chi connectivity index (χ0v) is 13.2. The monoisotopic (exact) mass is 323 g/mol. The van der Waals surface area contributed by atoms with Gasteiger partial charge in [0.2, 0.25) is 5.91 Å². The predicted molar refractivity (Wildman–Crippen MR) is 84.2 cm³/mol. The number of rotatable bonds is 2. The second-order valence-corrected chi connectivity index (χ2v) is 5.57. The molecule has 0 bridgehead atoms. The second-order valence-electron chi connectivity index (χ2n) is 4.30. The SMILES string of the molecule is Cc1ncc(C=CC(=O)N2CCCC(N)C2)s1.Cl.Cl. The molecule has 1 fully saturated rings. The number of amides is 1. The molecule has 0 radical (unpaired) electrons. The molecule has 2 N–H and O–H groups in total. The second kappa shape index (κ2) is 8.53. The number of aryl methyl sites for hydroxylation is 1. The van der Waals surface area contributed by atoms with Gasteiger partial charge in [0.05, 0.1) is 5.01 Å². The molecule has 0 aliphatic carbocycles. The molecular weight excluding hydrogens is 305 g/mol. The first kappa shape index (κ1) is 18.4. The Kier molecular flexibility index (Phi) is 8.25. The quantitative estimate of drug-likeness (QED) is 0.849. The summed E-state index contributed by atoms with van der Waals surface area (Å²) in [5.74, 6) is 0.0474. The standard InChI is InChI=1S/C12H17N3OS.2ClH/c1-9-14-7-11(17-9)4-5-12(16)15-6-2-3-10(13)8-15;;/h4-5,7,10H,2-3,6,8,13H2,1H3;2*1H. The first-order valence-electron chi connectivity index (χ1n) is 5.80. The fourth-order valence-electron chi connectivity index (χ4n) is 1.92. The van der Waals surface area contributed by atoms with E-state index in [1.165, 1.54) is 0 Å². The van der Waals surface area contributed by atoms with Gasteiger partial charge in [-0.25, -0.2) is 4.98 Å². The van der Waals surface area contributed by atoms with Crippen LogP contribution in [0.4, 0.5) is 0 Å². The van der Waals surface area contributed by atoms with E-state index in [0.717, 1.165) is 29.3 Å². The number of aromatic nitrogens is 1. The van der Waals surface area contributed by atoms with Crippen LogP contribution in [-0.2, 0) is 4.79 Å². The van der Waals surface area contributed by atoms with Crippen molar-refractivity contribution in [3.63, 3.8) is 0 Å². The number of hydrogen-bond donors (Lipinski definition) is 1. The van der Waals surface area contributed by atoms with E-state index in [2.05, 4.69) is 4.98 Å². The average Bonchev–Trinajstić information content (AvgIpc) is 2.72. The van der Waals surface area contributed by atoms with Crippen molar-refractivity contribution in [2.24, 2.45) is 5.73 Å². The van der Waals surface area contributed by atoms with Crippen molar-refractivity contribution in [2.45, 2.75) is 25.8 Å². The van der Waals surface area contributed by atoms with E-state index in [1.54, 1.807) is 23.6 Å². The molecule has 2 heterocycles. The zero-order valence-electron chi connectivity index (χ0n) is 10.7. The smallest absolute Gasteiger partial charge is 0.246 e. The molecule has 2 rings (SSSR count). The van der Waals surface area contributed by atoms with Crippen molar-refractivity contribution in [1.29, 1.82) is 0 Å². The highest BCUT2D eigenvalue weighted by Crippen LogP contribution is 2.14. The van der Waals surface area contributed by atoms with E-state index in [-0.39, 0.29) is 36.8 Å². The van der Waals surface area contributed by atoms with Gasteiger partial charge < -0.3 is 10.6 Å². The maximum absolute atomic E-state index is 11.9. The molecular formula is C12H19Cl2N3OS. The number of piperidine rings is 1. The van der Waals surface area contributed by atoms with Crippen LogP contribution in [0.1, 0.15) is 22.7 Å². The Balaban J connectivity index is 0.00000162. The fraction of sp³-hybridized carbons (Fsp3) is 0.500. The lowest BCUT2D eigenvalue weighted by molar-refractivity contribution is -0.127. The van der Waals surface area contributed by atoms with E-state index >= 15 is 0 Å². The Morgan fingerprint density at radius 3 is 2.89 bits per heavy atom. The lowest BCUT2D eigenvalue weighted by Crippen LogP contribution is -2.45. The lowest BCUT2D eigenvalue weighted by atomic mass is 10.1. The van der Waals surface area contributed by atoms with E-state index in [4.69, 9.17) is 5.73 Å². The molecule has 7 heteroatoms. The van der Waals surface area contributed by atoms with Crippen LogP contribution in [0.3, 0.4) is 0 Å². The molecule has 1 aromatic rings. The molecule has 0 aromatic carbocycles. The molecule has 1 saturated heterocycles. The summed E-state index contributed by atoms with van der Waals surface area (Å²) >= 11 is 1.58. The van der Waals surface area contributed by atoms with E-state index < -0.39 is 0 Å². The molecule has 1 unspecified atom stereocenters. The van der Waals surface area contributed by atoms with Gasteiger partial charge in [-0.1, -0.05) is 0 Å². The average molecular weight is 324 g/mol. The summed E-state index contributed by atoms with van der Waals surface area (Å²) in [5.41, 5.74) is 5.85. The van der Waals surface area contributed by atoms with Crippen molar-refractivity contribution < 1.29 is 4.79 Å². The van der Waals surface area contributed by atoms with E-state index in [1.807, 2.05) is 17.9 Å². The van der Waals surface area contributed by atoms with Gasteiger partial charge in [0.1, 0.15) is 0 Å². The Hall–Kier alpha value is -0.620. The minimum atomic E-state index is 0. The topological polar surface area (TPSA) is 59.2 Å². The molecule has 1 aliphatic rings. The maximum Gasteiger partial charge on any atom is 0.246 e. The summed E-state index contributed by atoms with van der Waals surface area (Å²) in [5, 5.41) is 1.01. The number of carbonyl (C=O) groups excluding carboxylic acids is 1. The lowest BCUT2D eigenvalue weighted by Gasteiger charge is -2.29. The van der Waals surface area contributed by atoms with Gasteiger partial charge in [-0.3, -0.25) is 4.79 Å². The van der Waals surface area contributed by atoms with Crippen LogP contribution in [0.25, 0.3) is 6.08 Å². The third-order valence-corrected chi connectivity index (χ3v) is 3.68. The Bertz CT molecular complexity index is 436. The number of likely N-dealkylation sites (tertiary alicyclic amines) is 1.